The number of hydrogen-bond acceptors (Lipinski definition) is 4. The maximum absolute atomic E-state index is 12.1. The molecule has 3 rings (SSSR count). The molecule has 1 N–H and O–H groups in total. The molecule has 0 radical (unpaired) electrons. The number of nitrogens with one attached hydrogen (secondary N) is 1. The first-order chi connectivity index (χ1) is 13.0. The molecule has 1 amide bonds. The van der Waals surface area contributed by atoms with Gasteiger partial charge in [-0.15, -0.1) is 0 Å². The molecule has 5 nitrogen and oxygen atoms in total. The van der Waals surface area contributed by atoms with E-state index in [1.54, 1.807) is 42.5 Å². The van der Waals surface area contributed by atoms with Crippen molar-refractivity contribution in [3.05, 3.63) is 75.9 Å². The number of fused-ring (bicyclic) bond motifs is 1. The Morgan fingerprint density at radius 3 is 2.56 bits per heavy atom. The SMILES string of the molecule is O=C(COC(=O)c1ccc2nc(Cl)ccc2c1)NCCc1ccc(Cl)cc1. The third-order valence-corrected chi connectivity index (χ3v) is 4.34. The van der Waals surface area contributed by atoms with Gasteiger partial charge < -0.3 is 10.1 Å². The first-order valence-electron chi connectivity index (χ1n) is 8.26. The molecule has 0 fully saturated rings. The highest BCUT2D eigenvalue weighted by atomic mass is 35.5. The summed E-state index contributed by atoms with van der Waals surface area (Å²) >= 11 is 11.7. The van der Waals surface area contributed by atoms with Crippen molar-refractivity contribution in [2.24, 2.45) is 0 Å². The van der Waals surface area contributed by atoms with Gasteiger partial charge in [0.2, 0.25) is 0 Å². The van der Waals surface area contributed by atoms with Gasteiger partial charge in [0.25, 0.3) is 5.91 Å². The third kappa shape index (κ3) is 5.42. The Labute approximate surface area is 166 Å². The molecule has 27 heavy (non-hydrogen) atoms. The number of ether oxygens (including phenoxy) is 1. The Morgan fingerprint density at radius 1 is 1.00 bits per heavy atom. The van der Waals surface area contributed by atoms with Gasteiger partial charge in [0.1, 0.15) is 5.15 Å². The van der Waals surface area contributed by atoms with Gasteiger partial charge >= 0.3 is 5.97 Å². The molecule has 0 saturated heterocycles. The van der Waals surface area contributed by atoms with Crippen LogP contribution in [0.4, 0.5) is 0 Å². The molecule has 7 heteroatoms. The molecule has 0 spiro atoms. The number of nitrogens with zero attached hydrogens (tertiary/aromatic N) is 1. The van der Waals surface area contributed by atoms with E-state index in [9.17, 15) is 9.59 Å². The second-order valence-corrected chi connectivity index (χ2v) is 6.67. The van der Waals surface area contributed by atoms with Gasteiger partial charge in [-0.25, -0.2) is 9.78 Å². The number of amides is 1. The molecule has 2 aromatic carbocycles. The average Bonchev–Trinajstić information content (AvgIpc) is 2.67. The summed E-state index contributed by atoms with van der Waals surface area (Å²) in [6.45, 7) is 0.108. The van der Waals surface area contributed by atoms with E-state index in [2.05, 4.69) is 10.3 Å². The fraction of sp³-hybridized carbons (Fsp3) is 0.150. The lowest BCUT2D eigenvalue weighted by Gasteiger charge is -2.07. The first-order valence-corrected chi connectivity index (χ1v) is 9.01. The molecule has 138 valence electrons. The summed E-state index contributed by atoms with van der Waals surface area (Å²) in [4.78, 5) is 28.1. The number of benzene rings is 2. The minimum atomic E-state index is -0.570. The quantitative estimate of drug-likeness (QED) is 0.498. The molecule has 0 aliphatic heterocycles. The smallest absolute Gasteiger partial charge is 0.338 e. The fourth-order valence-corrected chi connectivity index (χ4v) is 2.77. The van der Waals surface area contributed by atoms with Crippen LogP contribution >= 0.6 is 23.2 Å². The van der Waals surface area contributed by atoms with Crippen LogP contribution < -0.4 is 5.32 Å². The highest BCUT2D eigenvalue weighted by molar-refractivity contribution is 6.30. The molecule has 0 aliphatic rings. The molecule has 0 saturated carbocycles. The van der Waals surface area contributed by atoms with Crippen molar-refractivity contribution in [1.82, 2.24) is 10.3 Å². The Balaban J connectivity index is 1.47. The zero-order chi connectivity index (χ0) is 19.2. The average molecular weight is 403 g/mol. The van der Waals surface area contributed by atoms with E-state index in [0.29, 0.717) is 34.2 Å². The fourth-order valence-electron chi connectivity index (χ4n) is 2.49. The van der Waals surface area contributed by atoms with Gasteiger partial charge in [-0.1, -0.05) is 35.3 Å². The second kappa shape index (κ2) is 8.84. The van der Waals surface area contributed by atoms with Crippen LogP contribution in [0.15, 0.2) is 54.6 Å². The summed E-state index contributed by atoms with van der Waals surface area (Å²) in [5.74, 6) is -0.925. The predicted octanol–water partition coefficient (Wildman–Crippen LogP) is 4.06. The van der Waals surface area contributed by atoms with E-state index < -0.39 is 5.97 Å². The van der Waals surface area contributed by atoms with Crippen molar-refractivity contribution in [2.45, 2.75) is 6.42 Å². The minimum absolute atomic E-state index is 0.337. The number of hydrogen-bond donors (Lipinski definition) is 1. The van der Waals surface area contributed by atoms with Crippen molar-refractivity contribution < 1.29 is 14.3 Å². The topological polar surface area (TPSA) is 68.3 Å². The van der Waals surface area contributed by atoms with E-state index in [0.717, 1.165) is 10.9 Å². The molecule has 1 heterocycles. The lowest BCUT2D eigenvalue weighted by Crippen LogP contribution is -2.30. The number of pyridine rings is 1. The number of halogens is 2. The van der Waals surface area contributed by atoms with Crippen LogP contribution in [0, 0.1) is 0 Å². The molecular weight excluding hydrogens is 387 g/mol. The van der Waals surface area contributed by atoms with Gasteiger partial charge in [-0.05, 0) is 54.4 Å². The van der Waals surface area contributed by atoms with Crippen LogP contribution in [0.25, 0.3) is 10.9 Å². The number of aromatic nitrogens is 1. The largest absolute Gasteiger partial charge is 0.452 e. The summed E-state index contributed by atoms with van der Waals surface area (Å²) in [5, 5.41) is 4.53. The number of carbonyl (C=O) groups is 2. The van der Waals surface area contributed by atoms with Crippen LogP contribution in [0.3, 0.4) is 0 Å². The normalized spacial score (nSPS) is 10.6. The first kappa shape index (κ1) is 19.1. The molecule has 0 aliphatic carbocycles. The zero-order valence-corrected chi connectivity index (χ0v) is 15.8. The summed E-state index contributed by atoms with van der Waals surface area (Å²) in [6.07, 6.45) is 0.664. The molecule has 1 aromatic heterocycles. The summed E-state index contributed by atoms with van der Waals surface area (Å²) < 4.78 is 5.07. The van der Waals surface area contributed by atoms with E-state index in [-0.39, 0.29) is 12.5 Å². The highest BCUT2D eigenvalue weighted by Crippen LogP contribution is 2.17. The van der Waals surface area contributed by atoms with E-state index >= 15 is 0 Å². The van der Waals surface area contributed by atoms with Gasteiger partial charge in [-0.2, -0.15) is 0 Å². The lowest BCUT2D eigenvalue weighted by molar-refractivity contribution is -0.124. The standard InChI is InChI=1S/C20H16Cl2N2O3/c21-16-5-1-13(2-6-16)9-10-23-19(25)12-27-20(26)15-3-7-17-14(11-15)4-8-18(22)24-17/h1-8,11H,9-10,12H2,(H,23,25). The van der Waals surface area contributed by atoms with Gasteiger partial charge in [0.15, 0.2) is 6.61 Å². The lowest BCUT2D eigenvalue weighted by atomic mass is 10.1. The third-order valence-electron chi connectivity index (χ3n) is 3.87. The van der Waals surface area contributed by atoms with Crippen LogP contribution in [-0.2, 0) is 16.0 Å². The Morgan fingerprint density at radius 2 is 1.78 bits per heavy atom. The van der Waals surface area contributed by atoms with Gasteiger partial charge in [0.05, 0.1) is 11.1 Å². The monoisotopic (exact) mass is 402 g/mol. The van der Waals surface area contributed by atoms with E-state index in [1.807, 2.05) is 12.1 Å². The molecule has 3 aromatic rings. The van der Waals surface area contributed by atoms with Crippen molar-refractivity contribution >= 4 is 46.0 Å². The summed E-state index contributed by atoms with van der Waals surface area (Å²) in [6, 6.07) is 15.7. The van der Waals surface area contributed by atoms with Crippen LogP contribution in [0.1, 0.15) is 15.9 Å². The summed E-state index contributed by atoms with van der Waals surface area (Å²) in [5.41, 5.74) is 2.08. The van der Waals surface area contributed by atoms with Gasteiger partial charge in [-0.3, -0.25) is 4.79 Å². The Hall–Kier alpha value is -2.63. The highest BCUT2D eigenvalue weighted by Gasteiger charge is 2.11. The Kier molecular flexibility index (Phi) is 6.27. The molecule has 0 unspecified atom stereocenters. The minimum Gasteiger partial charge on any atom is -0.452 e. The van der Waals surface area contributed by atoms with E-state index in [1.165, 1.54) is 0 Å². The number of rotatable bonds is 6. The van der Waals surface area contributed by atoms with Crippen LogP contribution in [-0.4, -0.2) is 30.0 Å². The van der Waals surface area contributed by atoms with Crippen LogP contribution in [0.5, 0.6) is 0 Å². The van der Waals surface area contributed by atoms with Crippen LogP contribution in [0.2, 0.25) is 10.2 Å². The van der Waals surface area contributed by atoms with Crippen molar-refractivity contribution in [3.63, 3.8) is 0 Å². The van der Waals surface area contributed by atoms with E-state index in [4.69, 9.17) is 27.9 Å². The molecule has 0 bridgehead atoms. The molecule has 0 atom stereocenters. The molecular formula is C20H16Cl2N2O3. The second-order valence-electron chi connectivity index (χ2n) is 5.84. The van der Waals surface area contributed by atoms with Crippen molar-refractivity contribution in [3.8, 4) is 0 Å². The Bertz CT molecular complexity index is 975. The maximum atomic E-state index is 12.1. The summed E-state index contributed by atoms with van der Waals surface area (Å²) in [7, 11) is 0. The number of carbonyl (C=O) groups excluding carboxylic acids is 2. The van der Waals surface area contributed by atoms with Gasteiger partial charge in [0, 0.05) is 17.0 Å². The van der Waals surface area contributed by atoms with Crippen molar-refractivity contribution in [1.29, 1.82) is 0 Å². The predicted molar refractivity (Wildman–Crippen MR) is 105 cm³/mol. The van der Waals surface area contributed by atoms with Crippen molar-refractivity contribution in [2.75, 3.05) is 13.2 Å². The number of esters is 1. The zero-order valence-electron chi connectivity index (χ0n) is 14.2. The maximum Gasteiger partial charge on any atom is 0.338 e.